The van der Waals surface area contributed by atoms with Crippen LogP contribution in [0.5, 0.6) is 5.75 Å². The monoisotopic (exact) mass is 412 g/mol. The third kappa shape index (κ3) is 5.74. The zero-order chi connectivity index (χ0) is 18.6. The van der Waals surface area contributed by atoms with Gasteiger partial charge in [0.1, 0.15) is 18.0 Å². The van der Waals surface area contributed by atoms with E-state index < -0.39 is 10.5 Å². The van der Waals surface area contributed by atoms with Crippen molar-refractivity contribution in [2.75, 3.05) is 19.7 Å². The first-order chi connectivity index (χ1) is 11.7. The minimum atomic E-state index is -0.515. The zero-order valence-corrected chi connectivity index (χ0v) is 16.0. The van der Waals surface area contributed by atoms with Gasteiger partial charge in [0.2, 0.25) is 0 Å². The molecule has 0 bridgehead atoms. The molecule has 25 heavy (non-hydrogen) atoms. The second kappa shape index (κ2) is 7.86. The molecule has 7 nitrogen and oxygen atoms in total. The quantitative estimate of drug-likeness (QED) is 0.418. The fourth-order valence-electron chi connectivity index (χ4n) is 2.22. The predicted octanol–water partition coefficient (Wildman–Crippen LogP) is 4.30. The minimum Gasteiger partial charge on any atom is -0.488 e. The molecular formula is C17H21BrN2O5. The SMILES string of the molecule is CC(C)(C)OC(=O)N1CC=C(COc2cc([N+](=O)[O-])ccc2Br)CC1. The lowest BCUT2D eigenvalue weighted by Gasteiger charge is -2.29. The van der Waals surface area contributed by atoms with Gasteiger partial charge in [-0.25, -0.2) is 4.79 Å². The van der Waals surface area contributed by atoms with Gasteiger partial charge in [-0.3, -0.25) is 10.1 Å². The summed E-state index contributed by atoms with van der Waals surface area (Å²) in [4.78, 5) is 24.0. The van der Waals surface area contributed by atoms with Crippen LogP contribution in [0.3, 0.4) is 0 Å². The average Bonchev–Trinajstić information content (AvgIpc) is 2.52. The summed E-state index contributed by atoms with van der Waals surface area (Å²) in [5.41, 5.74) is 0.503. The Morgan fingerprint density at radius 3 is 2.68 bits per heavy atom. The number of rotatable bonds is 4. The second-order valence-corrected chi connectivity index (χ2v) is 7.55. The van der Waals surface area contributed by atoms with E-state index in [1.165, 1.54) is 12.1 Å². The summed E-state index contributed by atoms with van der Waals surface area (Å²) in [6.45, 7) is 6.84. The van der Waals surface area contributed by atoms with Crippen LogP contribution >= 0.6 is 15.9 Å². The van der Waals surface area contributed by atoms with Gasteiger partial charge in [0, 0.05) is 19.2 Å². The molecule has 2 rings (SSSR count). The number of amides is 1. The molecule has 0 saturated carbocycles. The van der Waals surface area contributed by atoms with Gasteiger partial charge in [0.05, 0.1) is 15.5 Å². The van der Waals surface area contributed by atoms with Crippen molar-refractivity contribution < 1.29 is 19.2 Å². The van der Waals surface area contributed by atoms with Crippen LogP contribution in [0.4, 0.5) is 10.5 Å². The number of carbonyl (C=O) groups is 1. The molecule has 0 aliphatic carbocycles. The summed E-state index contributed by atoms with van der Waals surface area (Å²) in [7, 11) is 0. The molecule has 0 atom stereocenters. The average molecular weight is 413 g/mol. The summed E-state index contributed by atoms with van der Waals surface area (Å²) in [6.07, 6.45) is 2.27. The van der Waals surface area contributed by atoms with E-state index in [0.717, 1.165) is 5.57 Å². The smallest absolute Gasteiger partial charge is 0.410 e. The maximum Gasteiger partial charge on any atom is 0.410 e. The van der Waals surface area contributed by atoms with Gasteiger partial charge in [-0.15, -0.1) is 0 Å². The molecule has 136 valence electrons. The van der Waals surface area contributed by atoms with E-state index in [0.29, 0.717) is 36.3 Å². The molecule has 0 aromatic heterocycles. The zero-order valence-electron chi connectivity index (χ0n) is 14.5. The van der Waals surface area contributed by atoms with Crippen molar-refractivity contribution in [3.8, 4) is 5.75 Å². The third-order valence-corrected chi connectivity index (χ3v) is 4.15. The van der Waals surface area contributed by atoms with E-state index in [2.05, 4.69) is 15.9 Å². The molecule has 0 unspecified atom stereocenters. The van der Waals surface area contributed by atoms with Crippen molar-refractivity contribution in [2.24, 2.45) is 0 Å². The van der Waals surface area contributed by atoms with Gasteiger partial charge in [-0.2, -0.15) is 0 Å². The van der Waals surface area contributed by atoms with Gasteiger partial charge in [0.25, 0.3) is 5.69 Å². The topological polar surface area (TPSA) is 81.9 Å². The molecule has 0 radical (unpaired) electrons. The van der Waals surface area contributed by atoms with Crippen molar-refractivity contribution >= 4 is 27.7 Å². The highest BCUT2D eigenvalue weighted by Crippen LogP contribution is 2.30. The van der Waals surface area contributed by atoms with Gasteiger partial charge in [-0.1, -0.05) is 6.08 Å². The number of halogens is 1. The Morgan fingerprint density at radius 2 is 2.12 bits per heavy atom. The fraction of sp³-hybridized carbons (Fsp3) is 0.471. The summed E-state index contributed by atoms with van der Waals surface area (Å²) in [5, 5.41) is 10.8. The van der Waals surface area contributed by atoms with Gasteiger partial charge >= 0.3 is 6.09 Å². The molecule has 1 heterocycles. The van der Waals surface area contributed by atoms with Crippen LogP contribution in [-0.4, -0.2) is 41.2 Å². The van der Waals surface area contributed by atoms with Crippen molar-refractivity contribution in [1.82, 2.24) is 4.90 Å². The summed E-state index contributed by atoms with van der Waals surface area (Å²) in [6, 6.07) is 4.39. The molecular weight excluding hydrogens is 392 g/mol. The van der Waals surface area contributed by atoms with Crippen LogP contribution in [-0.2, 0) is 4.74 Å². The Balaban J connectivity index is 1.92. The number of hydrogen-bond donors (Lipinski definition) is 0. The van der Waals surface area contributed by atoms with Crippen LogP contribution < -0.4 is 4.74 Å². The lowest BCUT2D eigenvalue weighted by Crippen LogP contribution is -2.39. The van der Waals surface area contributed by atoms with Gasteiger partial charge in [0.15, 0.2) is 0 Å². The number of carbonyl (C=O) groups excluding carboxylic acids is 1. The van der Waals surface area contributed by atoms with Crippen LogP contribution in [0.1, 0.15) is 27.2 Å². The number of benzene rings is 1. The van der Waals surface area contributed by atoms with Crippen molar-refractivity contribution in [3.63, 3.8) is 0 Å². The molecule has 1 aliphatic heterocycles. The second-order valence-electron chi connectivity index (χ2n) is 6.70. The highest BCUT2D eigenvalue weighted by atomic mass is 79.9. The molecule has 1 aromatic rings. The lowest BCUT2D eigenvalue weighted by molar-refractivity contribution is -0.384. The summed E-state index contributed by atoms with van der Waals surface area (Å²) < 4.78 is 11.7. The number of nitro benzene ring substituents is 1. The Kier molecular flexibility index (Phi) is 6.05. The Labute approximate surface area is 154 Å². The van der Waals surface area contributed by atoms with Crippen LogP contribution in [0, 0.1) is 10.1 Å². The first kappa shape index (κ1) is 19.2. The van der Waals surface area contributed by atoms with E-state index in [1.54, 1.807) is 11.0 Å². The molecule has 1 aliphatic rings. The Morgan fingerprint density at radius 1 is 1.40 bits per heavy atom. The molecule has 1 aromatic carbocycles. The summed E-state index contributed by atoms with van der Waals surface area (Å²) in [5.74, 6) is 0.421. The summed E-state index contributed by atoms with van der Waals surface area (Å²) >= 11 is 3.32. The van der Waals surface area contributed by atoms with Crippen LogP contribution in [0.2, 0.25) is 0 Å². The normalized spacial score (nSPS) is 14.7. The number of nitrogens with zero attached hydrogens (tertiary/aromatic N) is 2. The predicted molar refractivity (Wildman–Crippen MR) is 96.8 cm³/mol. The largest absolute Gasteiger partial charge is 0.488 e. The minimum absolute atomic E-state index is 0.0214. The van der Waals surface area contributed by atoms with Crippen molar-refractivity contribution in [2.45, 2.75) is 32.8 Å². The van der Waals surface area contributed by atoms with E-state index in [1.807, 2.05) is 26.8 Å². The first-order valence-corrected chi connectivity index (χ1v) is 8.67. The highest BCUT2D eigenvalue weighted by Gasteiger charge is 2.23. The molecule has 0 spiro atoms. The Bertz CT molecular complexity index is 697. The van der Waals surface area contributed by atoms with E-state index in [-0.39, 0.29) is 11.8 Å². The number of non-ortho nitro benzene ring substituents is 1. The first-order valence-electron chi connectivity index (χ1n) is 7.88. The maximum absolute atomic E-state index is 12.0. The lowest BCUT2D eigenvalue weighted by atomic mass is 10.1. The number of hydrogen-bond acceptors (Lipinski definition) is 5. The maximum atomic E-state index is 12.0. The number of ether oxygens (including phenoxy) is 2. The molecule has 0 fully saturated rings. The van der Waals surface area contributed by atoms with Crippen molar-refractivity contribution in [1.29, 1.82) is 0 Å². The van der Waals surface area contributed by atoms with Crippen LogP contribution in [0.25, 0.3) is 0 Å². The van der Waals surface area contributed by atoms with Gasteiger partial charge < -0.3 is 14.4 Å². The number of nitro groups is 1. The van der Waals surface area contributed by atoms with Crippen LogP contribution in [0.15, 0.2) is 34.3 Å². The van der Waals surface area contributed by atoms with E-state index in [9.17, 15) is 14.9 Å². The molecule has 0 saturated heterocycles. The molecule has 0 N–H and O–H groups in total. The standard InChI is InChI=1S/C17H21BrN2O5/c1-17(2,3)25-16(21)19-8-6-12(7-9-19)11-24-15-10-13(20(22)23)4-5-14(15)18/h4-6,10H,7-9,11H2,1-3H3. The Hall–Kier alpha value is -2.09. The third-order valence-electron chi connectivity index (χ3n) is 3.49. The van der Waals surface area contributed by atoms with Crippen molar-refractivity contribution in [3.05, 3.63) is 44.4 Å². The van der Waals surface area contributed by atoms with Gasteiger partial charge in [-0.05, 0) is 54.8 Å². The molecule has 1 amide bonds. The fourth-order valence-corrected chi connectivity index (χ4v) is 2.58. The van der Waals surface area contributed by atoms with E-state index >= 15 is 0 Å². The van der Waals surface area contributed by atoms with E-state index in [4.69, 9.17) is 9.47 Å². The highest BCUT2D eigenvalue weighted by molar-refractivity contribution is 9.10. The molecule has 8 heteroatoms.